The van der Waals surface area contributed by atoms with E-state index in [1.54, 1.807) is 6.07 Å². The van der Waals surface area contributed by atoms with Gasteiger partial charge in [-0.1, -0.05) is 18.2 Å². The number of nitrogens with zero attached hydrogens (tertiary/aromatic N) is 1. The lowest BCUT2D eigenvalue weighted by molar-refractivity contribution is 0.475. The zero-order valence-corrected chi connectivity index (χ0v) is 14.8. The fourth-order valence-corrected chi connectivity index (χ4v) is 5.61. The van der Waals surface area contributed by atoms with Crippen LogP contribution in [-0.2, 0) is 24.3 Å². The fourth-order valence-electron chi connectivity index (χ4n) is 4.49. The normalized spacial score (nSPS) is 22.9. The number of phenols is 1. The van der Waals surface area contributed by atoms with Crippen molar-refractivity contribution in [2.75, 3.05) is 0 Å². The molecular weight excluding hydrogens is 332 g/mol. The Balaban J connectivity index is 1.73. The van der Waals surface area contributed by atoms with E-state index in [1.807, 2.05) is 43.4 Å². The Morgan fingerprint density at radius 1 is 1.16 bits per heavy atom. The minimum absolute atomic E-state index is 0.213. The molecule has 1 saturated heterocycles. The van der Waals surface area contributed by atoms with Crippen molar-refractivity contribution in [3.63, 3.8) is 0 Å². The Labute approximate surface area is 148 Å². The highest BCUT2D eigenvalue weighted by Gasteiger charge is 2.36. The van der Waals surface area contributed by atoms with E-state index in [9.17, 15) is 9.32 Å². The van der Waals surface area contributed by atoms with Crippen LogP contribution in [0.15, 0.2) is 52.3 Å². The third kappa shape index (κ3) is 2.19. The van der Waals surface area contributed by atoms with E-state index in [1.165, 1.54) is 17.7 Å². The SMILES string of the molecule is Cn1c2c(c3cc(S(=O)c4ccccc4)cc(O)c31)C1CCC(C2)N1. The van der Waals surface area contributed by atoms with E-state index in [4.69, 9.17) is 0 Å². The quantitative estimate of drug-likeness (QED) is 0.743. The molecule has 2 aromatic carbocycles. The van der Waals surface area contributed by atoms with Crippen LogP contribution in [0.1, 0.15) is 30.1 Å². The Kier molecular flexibility index (Phi) is 3.30. The van der Waals surface area contributed by atoms with Gasteiger partial charge in [-0.05, 0) is 42.7 Å². The number of nitrogens with one attached hydrogen (secondary N) is 1. The summed E-state index contributed by atoms with van der Waals surface area (Å²) in [5.74, 6) is 0.213. The molecule has 3 heterocycles. The molecule has 0 saturated carbocycles. The maximum Gasteiger partial charge on any atom is 0.141 e. The summed E-state index contributed by atoms with van der Waals surface area (Å²) in [5.41, 5.74) is 3.45. The second kappa shape index (κ2) is 5.44. The van der Waals surface area contributed by atoms with Gasteiger partial charge in [0.1, 0.15) is 5.75 Å². The Bertz CT molecular complexity index is 1010. The number of aromatic nitrogens is 1. The minimum atomic E-state index is -1.30. The van der Waals surface area contributed by atoms with Crippen molar-refractivity contribution in [3.05, 3.63) is 53.7 Å². The maximum absolute atomic E-state index is 13.0. The lowest BCUT2D eigenvalue weighted by Gasteiger charge is -2.23. The van der Waals surface area contributed by atoms with E-state index < -0.39 is 10.8 Å². The molecule has 5 heteroatoms. The van der Waals surface area contributed by atoms with Crippen molar-refractivity contribution in [3.8, 4) is 5.75 Å². The molecule has 3 aromatic rings. The predicted molar refractivity (Wildman–Crippen MR) is 98.3 cm³/mol. The van der Waals surface area contributed by atoms with Crippen LogP contribution in [0, 0.1) is 0 Å². The topological polar surface area (TPSA) is 54.3 Å². The molecule has 2 bridgehead atoms. The molecule has 2 aliphatic rings. The number of aromatic hydroxyl groups is 1. The van der Waals surface area contributed by atoms with Gasteiger partial charge in [0.05, 0.1) is 16.3 Å². The molecule has 1 aromatic heterocycles. The van der Waals surface area contributed by atoms with Crippen LogP contribution in [0.4, 0.5) is 0 Å². The number of rotatable bonds is 2. The summed E-state index contributed by atoms with van der Waals surface area (Å²) >= 11 is 0. The third-order valence-electron chi connectivity index (χ3n) is 5.60. The number of aryl methyl sites for hydroxylation is 1. The Morgan fingerprint density at radius 3 is 2.76 bits per heavy atom. The first-order valence-corrected chi connectivity index (χ1v) is 9.85. The van der Waals surface area contributed by atoms with Crippen LogP contribution in [0.2, 0.25) is 0 Å². The highest BCUT2D eigenvalue weighted by atomic mass is 32.2. The molecule has 4 nitrogen and oxygen atoms in total. The van der Waals surface area contributed by atoms with Crippen molar-refractivity contribution < 1.29 is 9.32 Å². The lowest BCUT2D eigenvalue weighted by atomic mass is 9.99. The van der Waals surface area contributed by atoms with Crippen LogP contribution in [0.5, 0.6) is 5.75 Å². The zero-order chi connectivity index (χ0) is 17.1. The molecule has 3 unspecified atom stereocenters. The van der Waals surface area contributed by atoms with Gasteiger partial charge in [0, 0.05) is 46.4 Å². The molecule has 2 N–H and O–H groups in total. The molecule has 2 aliphatic heterocycles. The van der Waals surface area contributed by atoms with Crippen molar-refractivity contribution in [2.24, 2.45) is 7.05 Å². The van der Waals surface area contributed by atoms with Gasteiger partial charge in [-0.3, -0.25) is 0 Å². The molecule has 0 radical (unpaired) electrons. The van der Waals surface area contributed by atoms with Gasteiger partial charge in [-0.2, -0.15) is 0 Å². The molecule has 25 heavy (non-hydrogen) atoms. The monoisotopic (exact) mass is 352 g/mol. The molecule has 5 rings (SSSR count). The van der Waals surface area contributed by atoms with Crippen LogP contribution in [-0.4, -0.2) is 19.9 Å². The average Bonchev–Trinajstić information content (AvgIpc) is 3.14. The van der Waals surface area contributed by atoms with Gasteiger partial charge < -0.3 is 15.0 Å². The lowest BCUT2D eigenvalue weighted by Crippen LogP contribution is -2.32. The highest BCUT2D eigenvalue weighted by molar-refractivity contribution is 7.85. The van der Waals surface area contributed by atoms with Gasteiger partial charge >= 0.3 is 0 Å². The summed E-state index contributed by atoms with van der Waals surface area (Å²) in [6.45, 7) is 0. The van der Waals surface area contributed by atoms with E-state index in [0.717, 1.165) is 28.6 Å². The first kappa shape index (κ1) is 15.2. The van der Waals surface area contributed by atoms with E-state index in [0.29, 0.717) is 17.0 Å². The second-order valence-corrected chi connectivity index (χ2v) is 8.52. The van der Waals surface area contributed by atoms with Crippen molar-refractivity contribution in [1.82, 2.24) is 9.88 Å². The summed E-state index contributed by atoms with van der Waals surface area (Å²) in [6, 6.07) is 14.0. The number of benzene rings is 2. The van der Waals surface area contributed by atoms with Gasteiger partial charge in [0.2, 0.25) is 0 Å². The molecule has 0 spiro atoms. The highest BCUT2D eigenvalue weighted by Crippen LogP contribution is 2.44. The standard InChI is InChI=1S/C20H20N2O2S/c1-22-17-9-12-7-8-16(21-12)19(17)15-10-14(11-18(23)20(15)22)25(24)13-5-3-2-4-6-13/h2-6,10-12,16,21,23H,7-9H2,1H3. The Morgan fingerprint density at radius 2 is 1.96 bits per heavy atom. The van der Waals surface area contributed by atoms with Crippen molar-refractivity contribution in [2.45, 2.75) is 41.1 Å². The largest absolute Gasteiger partial charge is 0.506 e. The van der Waals surface area contributed by atoms with Crippen molar-refractivity contribution in [1.29, 1.82) is 0 Å². The van der Waals surface area contributed by atoms with Crippen molar-refractivity contribution >= 4 is 21.7 Å². The molecule has 0 amide bonds. The fraction of sp³-hybridized carbons (Fsp3) is 0.300. The number of hydrogen-bond donors (Lipinski definition) is 2. The molecule has 1 fully saturated rings. The molecule has 3 atom stereocenters. The van der Waals surface area contributed by atoms with Gasteiger partial charge in [0.25, 0.3) is 0 Å². The smallest absolute Gasteiger partial charge is 0.141 e. The minimum Gasteiger partial charge on any atom is -0.506 e. The summed E-state index contributed by atoms with van der Waals surface area (Å²) in [4.78, 5) is 1.41. The second-order valence-electron chi connectivity index (χ2n) is 7.04. The molecule has 0 aliphatic carbocycles. The van der Waals surface area contributed by atoms with Gasteiger partial charge in [-0.15, -0.1) is 0 Å². The zero-order valence-electron chi connectivity index (χ0n) is 14.0. The summed E-state index contributed by atoms with van der Waals surface area (Å²) in [7, 11) is 0.730. The summed E-state index contributed by atoms with van der Waals surface area (Å²) in [5, 5.41) is 15.4. The van der Waals surface area contributed by atoms with E-state index in [2.05, 4.69) is 9.88 Å². The number of fused-ring (bicyclic) bond motifs is 6. The molecular formula is C20H20N2O2S. The summed E-state index contributed by atoms with van der Waals surface area (Å²) in [6.07, 6.45) is 3.32. The number of phenolic OH excluding ortho intramolecular Hbond substituents is 1. The number of hydrogen-bond acceptors (Lipinski definition) is 3. The maximum atomic E-state index is 13.0. The van der Waals surface area contributed by atoms with Crippen LogP contribution in [0.25, 0.3) is 10.9 Å². The van der Waals surface area contributed by atoms with E-state index in [-0.39, 0.29) is 5.75 Å². The first-order valence-electron chi connectivity index (χ1n) is 8.70. The Hall–Kier alpha value is -2.11. The van der Waals surface area contributed by atoms with Gasteiger partial charge in [-0.25, -0.2) is 4.21 Å². The van der Waals surface area contributed by atoms with Gasteiger partial charge in [0.15, 0.2) is 0 Å². The first-order chi connectivity index (χ1) is 12.1. The predicted octanol–water partition coefficient (Wildman–Crippen LogP) is 3.40. The van der Waals surface area contributed by atoms with Crippen LogP contribution >= 0.6 is 0 Å². The van der Waals surface area contributed by atoms with E-state index >= 15 is 0 Å². The van der Waals surface area contributed by atoms with Crippen LogP contribution in [0.3, 0.4) is 0 Å². The third-order valence-corrected chi connectivity index (χ3v) is 6.97. The average molecular weight is 352 g/mol. The van der Waals surface area contributed by atoms with Crippen LogP contribution < -0.4 is 5.32 Å². The summed E-state index contributed by atoms with van der Waals surface area (Å²) < 4.78 is 15.1. The molecule has 128 valence electrons.